The van der Waals surface area contributed by atoms with Crippen molar-refractivity contribution < 1.29 is 18.0 Å². The van der Waals surface area contributed by atoms with Gasteiger partial charge in [-0.3, -0.25) is 13.9 Å². The molecule has 10 heteroatoms. The van der Waals surface area contributed by atoms with Crippen molar-refractivity contribution in [1.82, 2.24) is 10.2 Å². The molecule has 0 unspecified atom stereocenters. The summed E-state index contributed by atoms with van der Waals surface area (Å²) in [4.78, 5) is 28.2. The fourth-order valence-corrected chi connectivity index (χ4v) is 4.90. The van der Waals surface area contributed by atoms with E-state index in [2.05, 4.69) is 5.32 Å². The second kappa shape index (κ2) is 12.6. The molecule has 192 valence electrons. The Labute approximate surface area is 218 Å². The largest absolute Gasteiger partial charge is 0.352 e. The minimum absolute atomic E-state index is 0.0618. The second-order valence-electron chi connectivity index (χ2n) is 8.59. The molecule has 0 aliphatic heterocycles. The lowest BCUT2D eigenvalue weighted by Crippen LogP contribution is -2.53. The maximum absolute atomic E-state index is 13.7. The molecule has 2 atom stereocenters. The number of sulfonamides is 1. The molecule has 0 spiro atoms. The molecule has 2 rings (SSSR count). The highest BCUT2D eigenvalue weighted by molar-refractivity contribution is 7.92. The number of carbonyl (C=O) groups is 2. The van der Waals surface area contributed by atoms with Crippen molar-refractivity contribution in [1.29, 1.82) is 0 Å². The zero-order chi connectivity index (χ0) is 26.3. The number of amides is 2. The lowest BCUT2D eigenvalue weighted by atomic mass is 10.1. The van der Waals surface area contributed by atoms with Crippen LogP contribution in [0.4, 0.5) is 5.69 Å². The number of nitrogens with one attached hydrogen (secondary N) is 1. The van der Waals surface area contributed by atoms with E-state index in [4.69, 9.17) is 23.2 Å². The number of hydrogen-bond donors (Lipinski definition) is 1. The van der Waals surface area contributed by atoms with Crippen LogP contribution < -0.4 is 9.62 Å². The molecule has 0 aromatic heterocycles. The monoisotopic (exact) mass is 541 g/mol. The highest BCUT2D eigenvalue weighted by Crippen LogP contribution is 2.26. The van der Waals surface area contributed by atoms with Crippen LogP contribution in [-0.4, -0.2) is 50.0 Å². The van der Waals surface area contributed by atoms with Crippen LogP contribution in [0.1, 0.15) is 44.7 Å². The van der Waals surface area contributed by atoms with Crippen LogP contribution in [0.3, 0.4) is 0 Å². The maximum Gasteiger partial charge on any atom is 0.244 e. The van der Waals surface area contributed by atoms with E-state index in [1.54, 1.807) is 49.4 Å². The zero-order valence-electron chi connectivity index (χ0n) is 20.7. The van der Waals surface area contributed by atoms with Gasteiger partial charge in [-0.15, -0.1) is 0 Å². The van der Waals surface area contributed by atoms with Crippen molar-refractivity contribution in [3.8, 4) is 0 Å². The van der Waals surface area contributed by atoms with E-state index in [0.717, 1.165) is 22.5 Å². The Hall–Kier alpha value is -2.29. The number of nitrogens with zero attached hydrogens (tertiary/aromatic N) is 2. The smallest absolute Gasteiger partial charge is 0.244 e. The predicted molar refractivity (Wildman–Crippen MR) is 142 cm³/mol. The summed E-state index contributed by atoms with van der Waals surface area (Å²) >= 11 is 12.1. The lowest BCUT2D eigenvalue weighted by Gasteiger charge is -2.33. The summed E-state index contributed by atoms with van der Waals surface area (Å²) in [6.07, 6.45) is 2.15. The van der Waals surface area contributed by atoms with Crippen LogP contribution in [0.15, 0.2) is 42.5 Å². The van der Waals surface area contributed by atoms with E-state index < -0.39 is 28.5 Å². The van der Waals surface area contributed by atoms with Crippen molar-refractivity contribution in [2.75, 3.05) is 17.1 Å². The maximum atomic E-state index is 13.7. The summed E-state index contributed by atoms with van der Waals surface area (Å²) in [5, 5.41) is 3.95. The van der Waals surface area contributed by atoms with Crippen molar-refractivity contribution in [2.45, 2.75) is 59.2 Å². The Morgan fingerprint density at radius 2 is 1.60 bits per heavy atom. The summed E-state index contributed by atoms with van der Waals surface area (Å²) in [6, 6.07) is 10.9. The van der Waals surface area contributed by atoms with E-state index in [-0.39, 0.29) is 18.5 Å². The van der Waals surface area contributed by atoms with Gasteiger partial charge >= 0.3 is 0 Å². The molecular weight excluding hydrogens is 509 g/mol. The Bertz CT molecular complexity index is 1140. The van der Waals surface area contributed by atoms with E-state index in [1.807, 2.05) is 20.8 Å². The SMILES string of the molecule is CC[C@@H](C)NC(=O)[C@@H](CC)N(Cc1ccc(Cl)cc1)C(=O)CN(c1ccc(Cl)cc1C)S(C)(=O)=O. The van der Waals surface area contributed by atoms with Crippen molar-refractivity contribution in [3.05, 3.63) is 63.6 Å². The molecule has 0 aliphatic rings. The Balaban J connectivity index is 2.46. The van der Waals surface area contributed by atoms with Crippen LogP contribution >= 0.6 is 23.2 Å². The first-order chi connectivity index (χ1) is 16.4. The quantitative estimate of drug-likeness (QED) is 0.443. The van der Waals surface area contributed by atoms with Gasteiger partial charge < -0.3 is 10.2 Å². The van der Waals surface area contributed by atoms with Crippen molar-refractivity contribution in [2.24, 2.45) is 0 Å². The Morgan fingerprint density at radius 3 is 2.11 bits per heavy atom. The highest BCUT2D eigenvalue weighted by Gasteiger charge is 2.32. The van der Waals surface area contributed by atoms with E-state index >= 15 is 0 Å². The van der Waals surface area contributed by atoms with E-state index in [1.165, 1.54) is 4.90 Å². The van der Waals surface area contributed by atoms with Gasteiger partial charge in [0, 0.05) is 22.6 Å². The molecule has 2 aromatic carbocycles. The van der Waals surface area contributed by atoms with Gasteiger partial charge in [0.25, 0.3) is 0 Å². The third-order valence-electron chi connectivity index (χ3n) is 5.76. The molecule has 2 aromatic rings. The number of aryl methyl sites for hydroxylation is 1. The average molecular weight is 543 g/mol. The van der Waals surface area contributed by atoms with Gasteiger partial charge in [0.1, 0.15) is 12.6 Å². The molecule has 0 saturated carbocycles. The topological polar surface area (TPSA) is 86.8 Å². The van der Waals surface area contributed by atoms with Gasteiger partial charge in [-0.25, -0.2) is 8.42 Å². The number of hydrogen-bond acceptors (Lipinski definition) is 4. The number of carbonyl (C=O) groups excluding carboxylic acids is 2. The molecule has 2 amide bonds. The van der Waals surface area contributed by atoms with Gasteiger partial charge in [0.05, 0.1) is 11.9 Å². The van der Waals surface area contributed by atoms with Crippen molar-refractivity contribution in [3.63, 3.8) is 0 Å². The molecule has 0 saturated heterocycles. The molecule has 0 fully saturated rings. The first kappa shape index (κ1) is 28.9. The average Bonchev–Trinajstić information content (AvgIpc) is 2.78. The summed E-state index contributed by atoms with van der Waals surface area (Å²) in [5.41, 5.74) is 1.74. The van der Waals surface area contributed by atoms with Gasteiger partial charge in [0.2, 0.25) is 21.8 Å². The summed E-state index contributed by atoms with van der Waals surface area (Å²) in [7, 11) is -3.81. The van der Waals surface area contributed by atoms with Crippen molar-refractivity contribution >= 4 is 50.7 Å². The lowest BCUT2D eigenvalue weighted by molar-refractivity contribution is -0.140. The summed E-state index contributed by atoms with van der Waals surface area (Å²) in [5.74, 6) is -0.774. The van der Waals surface area contributed by atoms with Crippen LogP contribution in [0.5, 0.6) is 0 Å². The van der Waals surface area contributed by atoms with Gasteiger partial charge in [-0.05, 0) is 68.1 Å². The van der Waals surface area contributed by atoms with Gasteiger partial charge in [0.15, 0.2) is 0 Å². The predicted octanol–water partition coefficient (Wildman–Crippen LogP) is 4.79. The zero-order valence-corrected chi connectivity index (χ0v) is 23.0. The highest BCUT2D eigenvalue weighted by atomic mass is 35.5. The molecule has 0 bridgehead atoms. The Kier molecular flexibility index (Phi) is 10.4. The standard InChI is InChI=1S/C25H33Cl2N3O4S/c1-6-18(4)28-25(32)22(7-2)29(15-19-8-10-20(26)11-9-19)24(31)16-30(35(5,33)34)23-13-12-21(27)14-17(23)3/h8-14,18,22H,6-7,15-16H2,1-5H3,(H,28,32)/t18-,22-/m1/s1. The van der Waals surface area contributed by atoms with Gasteiger partial charge in [-0.1, -0.05) is 49.2 Å². The minimum atomic E-state index is -3.81. The minimum Gasteiger partial charge on any atom is -0.352 e. The first-order valence-corrected chi connectivity index (χ1v) is 14.1. The normalized spacial score (nSPS) is 13.1. The molecule has 0 heterocycles. The first-order valence-electron chi connectivity index (χ1n) is 11.5. The van der Waals surface area contributed by atoms with Crippen LogP contribution in [0.25, 0.3) is 0 Å². The number of rotatable bonds is 11. The third-order valence-corrected chi connectivity index (χ3v) is 7.37. The molecule has 0 aliphatic carbocycles. The molecular formula is C25H33Cl2N3O4S. The molecule has 1 N–H and O–H groups in total. The third kappa shape index (κ3) is 8.12. The second-order valence-corrected chi connectivity index (χ2v) is 11.4. The van der Waals surface area contributed by atoms with Crippen LogP contribution in [-0.2, 0) is 26.2 Å². The van der Waals surface area contributed by atoms with Crippen LogP contribution in [0.2, 0.25) is 10.0 Å². The van der Waals surface area contributed by atoms with E-state index in [0.29, 0.717) is 27.7 Å². The Morgan fingerprint density at radius 1 is 1.00 bits per heavy atom. The molecule has 7 nitrogen and oxygen atoms in total. The number of benzene rings is 2. The fraction of sp³-hybridized carbons (Fsp3) is 0.440. The van der Waals surface area contributed by atoms with E-state index in [9.17, 15) is 18.0 Å². The number of halogens is 2. The number of anilines is 1. The summed E-state index contributed by atoms with van der Waals surface area (Å²) < 4.78 is 26.5. The van der Waals surface area contributed by atoms with Crippen LogP contribution in [0, 0.1) is 6.92 Å². The fourth-order valence-electron chi connectivity index (χ4n) is 3.64. The van der Waals surface area contributed by atoms with Gasteiger partial charge in [-0.2, -0.15) is 0 Å². The molecule has 0 radical (unpaired) electrons. The molecule has 35 heavy (non-hydrogen) atoms. The summed E-state index contributed by atoms with van der Waals surface area (Å²) in [6.45, 7) is 7.07.